The van der Waals surface area contributed by atoms with E-state index in [1.807, 2.05) is 4.90 Å². The third-order valence-electron chi connectivity index (χ3n) is 3.86. The van der Waals surface area contributed by atoms with Crippen molar-refractivity contribution in [3.8, 4) is 17.3 Å². The van der Waals surface area contributed by atoms with Gasteiger partial charge in [-0.3, -0.25) is 4.98 Å². The molecule has 122 valence electrons. The molecule has 0 spiro atoms. The summed E-state index contributed by atoms with van der Waals surface area (Å²) in [6, 6.07) is 8.12. The number of ether oxygens (including phenoxy) is 1. The van der Waals surface area contributed by atoms with Crippen LogP contribution in [-0.4, -0.2) is 42.4 Å². The van der Waals surface area contributed by atoms with Gasteiger partial charge in [-0.15, -0.1) is 0 Å². The number of aromatic carboxylic acids is 1. The zero-order valence-electron chi connectivity index (χ0n) is 12.7. The maximum absolute atomic E-state index is 14.3. The van der Waals surface area contributed by atoms with Crippen LogP contribution < -0.4 is 4.90 Å². The van der Waals surface area contributed by atoms with Crippen LogP contribution >= 0.6 is 0 Å². The molecule has 1 aliphatic heterocycles. The molecule has 1 aromatic heterocycles. The average Bonchev–Trinajstić information content (AvgIpc) is 2.62. The van der Waals surface area contributed by atoms with Crippen LogP contribution in [0.4, 0.5) is 10.1 Å². The van der Waals surface area contributed by atoms with Crippen molar-refractivity contribution in [2.75, 3.05) is 31.2 Å². The fourth-order valence-electron chi connectivity index (χ4n) is 2.66. The molecular weight excluding hydrogens is 313 g/mol. The van der Waals surface area contributed by atoms with Gasteiger partial charge in [0.05, 0.1) is 30.0 Å². The van der Waals surface area contributed by atoms with Crippen LogP contribution in [0, 0.1) is 17.1 Å². The summed E-state index contributed by atoms with van der Waals surface area (Å²) in [5.74, 6) is -2.27. The van der Waals surface area contributed by atoms with Gasteiger partial charge in [0.25, 0.3) is 0 Å². The van der Waals surface area contributed by atoms with Crippen molar-refractivity contribution < 1.29 is 19.0 Å². The molecule has 2 aromatic rings. The lowest BCUT2D eigenvalue weighted by Gasteiger charge is -2.29. The minimum absolute atomic E-state index is 0.0834. The molecule has 0 saturated carbocycles. The van der Waals surface area contributed by atoms with E-state index in [-0.39, 0.29) is 5.69 Å². The second kappa shape index (κ2) is 6.64. The van der Waals surface area contributed by atoms with E-state index >= 15 is 0 Å². The zero-order chi connectivity index (χ0) is 17.1. The third-order valence-corrected chi connectivity index (χ3v) is 3.86. The molecule has 0 unspecified atom stereocenters. The Balaban J connectivity index is 2.03. The number of hydrogen-bond acceptors (Lipinski definition) is 5. The summed E-state index contributed by atoms with van der Waals surface area (Å²) in [7, 11) is 0. The molecule has 3 rings (SSSR count). The predicted octanol–water partition coefficient (Wildman–Crippen LogP) is 2.29. The van der Waals surface area contributed by atoms with E-state index < -0.39 is 17.3 Å². The van der Waals surface area contributed by atoms with Crippen LogP contribution in [0.5, 0.6) is 0 Å². The van der Waals surface area contributed by atoms with E-state index in [9.17, 15) is 14.4 Å². The summed E-state index contributed by atoms with van der Waals surface area (Å²) in [6.07, 6.45) is 1.24. The summed E-state index contributed by atoms with van der Waals surface area (Å²) < 4.78 is 19.6. The van der Waals surface area contributed by atoms with Crippen LogP contribution in [0.25, 0.3) is 11.3 Å². The lowest BCUT2D eigenvalue weighted by atomic mass is 10.0. The number of carboxylic acid groups (broad SMARTS) is 1. The topological polar surface area (TPSA) is 86.5 Å². The van der Waals surface area contributed by atoms with E-state index in [1.54, 1.807) is 12.1 Å². The lowest BCUT2D eigenvalue weighted by molar-refractivity contribution is 0.0692. The van der Waals surface area contributed by atoms with Crippen LogP contribution in [-0.2, 0) is 4.74 Å². The first-order valence-electron chi connectivity index (χ1n) is 7.37. The molecule has 0 radical (unpaired) electrons. The van der Waals surface area contributed by atoms with Crippen molar-refractivity contribution in [1.29, 1.82) is 5.26 Å². The smallest absolute Gasteiger partial charge is 0.338 e. The molecule has 1 saturated heterocycles. The highest BCUT2D eigenvalue weighted by molar-refractivity contribution is 5.89. The number of nitriles is 1. The molecule has 2 heterocycles. The standard InChI is InChI=1S/C17H14FN3O3/c18-15-13(17(22)23)3-4-20-16(15)11-1-2-14(12(9-11)10-19)21-5-7-24-8-6-21/h1-4,9H,5-8H2,(H,22,23). The van der Waals surface area contributed by atoms with Crippen LogP contribution in [0.1, 0.15) is 15.9 Å². The van der Waals surface area contributed by atoms with Crippen molar-refractivity contribution in [2.45, 2.75) is 0 Å². The fourth-order valence-corrected chi connectivity index (χ4v) is 2.66. The summed E-state index contributed by atoms with van der Waals surface area (Å²) in [5.41, 5.74) is 0.968. The number of halogens is 1. The van der Waals surface area contributed by atoms with Gasteiger partial charge in [-0.05, 0) is 18.2 Å². The molecule has 0 atom stereocenters. The molecule has 0 bridgehead atoms. The van der Waals surface area contributed by atoms with Crippen molar-refractivity contribution in [2.24, 2.45) is 0 Å². The molecule has 0 amide bonds. The van der Waals surface area contributed by atoms with Gasteiger partial charge < -0.3 is 14.7 Å². The maximum Gasteiger partial charge on any atom is 0.338 e. The van der Waals surface area contributed by atoms with Crippen LogP contribution in [0.15, 0.2) is 30.5 Å². The van der Waals surface area contributed by atoms with E-state index in [2.05, 4.69) is 11.1 Å². The monoisotopic (exact) mass is 327 g/mol. The number of anilines is 1. The quantitative estimate of drug-likeness (QED) is 0.931. The number of benzene rings is 1. The second-order valence-electron chi connectivity index (χ2n) is 5.27. The third kappa shape index (κ3) is 2.92. The number of nitrogens with zero attached hydrogens (tertiary/aromatic N) is 3. The summed E-state index contributed by atoms with van der Waals surface area (Å²) >= 11 is 0. The van der Waals surface area contributed by atoms with Gasteiger partial charge in [0, 0.05) is 24.8 Å². The number of pyridine rings is 1. The molecule has 1 N–H and O–H groups in total. The maximum atomic E-state index is 14.3. The molecule has 1 aliphatic rings. The Bertz CT molecular complexity index is 826. The van der Waals surface area contributed by atoms with Gasteiger partial charge in [0.1, 0.15) is 11.8 Å². The molecule has 7 heteroatoms. The zero-order valence-corrected chi connectivity index (χ0v) is 12.7. The Morgan fingerprint density at radius 1 is 1.33 bits per heavy atom. The van der Waals surface area contributed by atoms with Gasteiger partial charge in [-0.1, -0.05) is 6.07 Å². The summed E-state index contributed by atoms with van der Waals surface area (Å²) in [6.45, 7) is 2.52. The molecule has 0 aliphatic carbocycles. The number of morpholine rings is 1. The molecule has 1 aromatic carbocycles. The molecule has 24 heavy (non-hydrogen) atoms. The van der Waals surface area contributed by atoms with E-state index in [1.165, 1.54) is 12.3 Å². The van der Waals surface area contributed by atoms with Crippen LogP contribution in [0.2, 0.25) is 0 Å². The minimum atomic E-state index is -1.36. The Labute approximate surface area is 137 Å². The Kier molecular flexibility index (Phi) is 4.40. The van der Waals surface area contributed by atoms with Gasteiger partial charge in [0.2, 0.25) is 0 Å². The highest BCUT2D eigenvalue weighted by atomic mass is 19.1. The van der Waals surface area contributed by atoms with Crippen molar-refractivity contribution in [1.82, 2.24) is 4.98 Å². The lowest BCUT2D eigenvalue weighted by Crippen LogP contribution is -2.36. The number of carbonyl (C=O) groups is 1. The van der Waals surface area contributed by atoms with Crippen LogP contribution in [0.3, 0.4) is 0 Å². The number of carboxylic acids is 1. The number of rotatable bonds is 3. The minimum Gasteiger partial charge on any atom is -0.478 e. The first-order chi connectivity index (χ1) is 11.6. The highest BCUT2D eigenvalue weighted by Gasteiger charge is 2.19. The van der Waals surface area contributed by atoms with E-state index in [4.69, 9.17) is 9.84 Å². The molecular formula is C17H14FN3O3. The first kappa shape index (κ1) is 15.9. The first-order valence-corrected chi connectivity index (χ1v) is 7.37. The fraction of sp³-hybridized carbons (Fsp3) is 0.235. The van der Waals surface area contributed by atoms with Gasteiger partial charge in [0.15, 0.2) is 5.82 Å². The Morgan fingerprint density at radius 3 is 2.75 bits per heavy atom. The van der Waals surface area contributed by atoms with E-state index in [0.717, 1.165) is 11.8 Å². The SMILES string of the molecule is N#Cc1cc(-c2nccc(C(=O)O)c2F)ccc1N1CCOCC1. The van der Waals surface area contributed by atoms with Gasteiger partial charge in [-0.25, -0.2) is 9.18 Å². The molecule has 6 nitrogen and oxygen atoms in total. The number of aromatic nitrogens is 1. The van der Waals surface area contributed by atoms with Crippen molar-refractivity contribution in [3.05, 3.63) is 47.4 Å². The molecule has 1 fully saturated rings. The van der Waals surface area contributed by atoms with Crippen molar-refractivity contribution in [3.63, 3.8) is 0 Å². The average molecular weight is 327 g/mol. The van der Waals surface area contributed by atoms with Crippen molar-refractivity contribution >= 4 is 11.7 Å². The largest absolute Gasteiger partial charge is 0.478 e. The Hall–Kier alpha value is -2.98. The normalized spacial score (nSPS) is 14.2. The highest BCUT2D eigenvalue weighted by Crippen LogP contribution is 2.29. The Morgan fingerprint density at radius 2 is 2.08 bits per heavy atom. The second-order valence-corrected chi connectivity index (χ2v) is 5.27. The summed E-state index contributed by atoms with van der Waals surface area (Å²) in [5, 5.41) is 18.4. The summed E-state index contributed by atoms with van der Waals surface area (Å²) in [4.78, 5) is 17.0. The van der Waals surface area contributed by atoms with E-state index in [0.29, 0.717) is 37.4 Å². The number of hydrogen-bond donors (Lipinski definition) is 1. The van der Waals surface area contributed by atoms with Gasteiger partial charge >= 0.3 is 5.97 Å². The predicted molar refractivity (Wildman–Crippen MR) is 84.3 cm³/mol. The van der Waals surface area contributed by atoms with Gasteiger partial charge in [-0.2, -0.15) is 5.26 Å².